The van der Waals surface area contributed by atoms with Crippen LogP contribution in [0.1, 0.15) is 31.7 Å². The SMILES string of the molecule is COc1ccccc1CNC(=O)NC1CCCC1(C)CO. The molecule has 116 valence electrons. The van der Waals surface area contributed by atoms with Crippen LogP contribution in [0.3, 0.4) is 0 Å². The Hall–Kier alpha value is -1.75. The Morgan fingerprint density at radius 3 is 2.95 bits per heavy atom. The summed E-state index contributed by atoms with van der Waals surface area (Å²) in [5.74, 6) is 0.763. The van der Waals surface area contributed by atoms with Crippen LogP contribution < -0.4 is 15.4 Å². The lowest BCUT2D eigenvalue weighted by Gasteiger charge is -2.30. The molecule has 0 spiro atoms. The number of aliphatic hydroxyl groups excluding tert-OH is 1. The molecule has 1 aliphatic rings. The number of benzene rings is 1. The van der Waals surface area contributed by atoms with E-state index in [2.05, 4.69) is 10.6 Å². The van der Waals surface area contributed by atoms with Crippen molar-refractivity contribution < 1.29 is 14.6 Å². The summed E-state index contributed by atoms with van der Waals surface area (Å²) in [6, 6.07) is 7.43. The Bertz CT molecular complexity index is 492. The first-order chi connectivity index (χ1) is 10.1. The molecule has 3 N–H and O–H groups in total. The average molecular weight is 292 g/mol. The van der Waals surface area contributed by atoms with Crippen molar-refractivity contribution in [2.45, 2.75) is 38.8 Å². The number of amides is 2. The lowest BCUT2D eigenvalue weighted by molar-refractivity contribution is 0.121. The molecule has 0 heterocycles. The van der Waals surface area contributed by atoms with Crippen LogP contribution in [0.5, 0.6) is 5.75 Å². The molecule has 1 aromatic carbocycles. The number of hydrogen-bond donors (Lipinski definition) is 3. The van der Waals surface area contributed by atoms with Crippen LogP contribution in [-0.2, 0) is 6.54 Å². The van der Waals surface area contributed by atoms with E-state index in [0.717, 1.165) is 30.6 Å². The molecule has 0 aromatic heterocycles. The molecule has 1 aromatic rings. The van der Waals surface area contributed by atoms with E-state index in [9.17, 15) is 9.90 Å². The second-order valence-electron chi connectivity index (χ2n) is 5.90. The molecule has 1 saturated carbocycles. The van der Waals surface area contributed by atoms with E-state index >= 15 is 0 Å². The molecular formula is C16H24N2O3. The summed E-state index contributed by atoms with van der Waals surface area (Å²) in [6.07, 6.45) is 2.90. The van der Waals surface area contributed by atoms with Crippen molar-refractivity contribution in [2.75, 3.05) is 13.7 Å². The molecule has 5 heteroatoms. The zero-order chi connectivity index (χ0) is 15.3. The summed E-state index contributed by atoms with van der Waals surface area (Å²) in [7, 11) is 1.62. The number of ether oxygens (including phenoxy) is 1. The number of urea groups is 1. The molecule has 5 nitrogen and oxygen atoms in total. The van der Waals surface area contributed by atoms with Gasteiger partial charge in [0.15, 0.2) is 0 Å². The summed E-state index contributed by atoms with van der Waals surface area (Å²) in [5, 5.41) is 15.3. The van der Waals surface area contributed by atoms with Crippen molar-refractivity contribution in [3.05, 3.63) is 29.8 Å². The van der Waals surface area contributed by atoms with Crippen LogP contribution in [-0.4, -0.2) is 30.9 Å². The van der Waals surface area contributed by atoms with Crippen LogP contribution in [0.4, 0.5) is 4.79 Å². The summed E-state index contributed by atoms with van der Waals surface area (Å²) in [5.41, 5.74) is 0.730. The largest absolute Gasteiger partial charge is 0.496 e. The predicted molar refractivity (Wildman–Crippen MR) is 81.2 cm³/mol. The lowest BCUT2D eigenvalue weighted by Crippen LogP contribution is -2.48. The molecule has 1 aliphatic carbocycles. The average Bonchev–Trinajstić information content (AvgIpc) is 2.87. The van der Waals surface area contributed by atoms with E-state index in [1.807, 2.05) is 31.2 Å². The monoisotopic (exact) mass is 292 g/mol. The number of carbonyl (C=O) groups excluding carboxylic acids is 1. The topological polar surface area (TPSA) is 70.6 Å². The summed E-state index contributed by atoms with van der Waals surface area (Å²) >= 11 is 0. The third-order valence-corrected chi connectivity index (χ3v) is 4.38. The minimum atomic E-state index is -0.207. The van der Waals surface area contributed by atoms with Gasteiger partial charge in [-0.15, -0.1) is 0 Å². The van der Waals surface area contributed by atoms with Gasteiger partial charge in [-0.1, -0.05) is 31.5 Å². The maximum absolute atomic E-state index is 12.0. The van der Waals surface area contributed by atoms with Crippen LogP contribution in [0.25, 0.3) is 0 Å². The van der Waals surface area contributed by atoms with Gasteiger partial charge in [0, 0.05) is 23.6 Å². The van der Waals surface area contributed by atoms with Crippen molar-refractivity contribution in [1.29, 1.82) is 0 Å². The first-order valence-electron chi connectivity index (χ1n) is 7.36. The highest BCUT2D eigenvalue weighted by Gasteiger charge is 2.39. The van der Waals surface area contributed by atoms with E-state index in [4.69, 9.17) is 4.74 Å². The smallest absolute Gasteiger partial charge is 0.315 e. The number of nitrogens with one attached hydrogen (secondary N) is 2. The van der Waals surface area contributed by atoms with Crippen LogP contribution >= 0.6 is 0 Å². The third kappa shape index (κ3) is 3.67. The lowest BCUT2D eigenvalue weighted by atomic mass is 9.86. The number of para-hydroxylation sites is 1. The van der Waals surface area contributed by atoms with Crippen molar-refractivity contribution in [1.82, 2.24) is 10.6 Å². The third-order valence-electron chi connectivity index (χ3n) is 4.38. The number of methoxy groups -OCH3 is 1. The molecular weight excluding hydrogens is 268 g/mol. The first-order valence-corrected chi connectivity index (χ1v) is 7.36. The van der Waals surface area contributed by atoms with Gasteiger partial charge in [-0.05, 0) is 18.9 Å². The van der Waals surface area contributed by atoms with Crippen LogP contribution in [0, 0.1) is 5.41 Å². The quantitative estimate of drug-likeness (QED) is 0.778. The fourth-order valence-corrected chi connectivity index (χ4v) is 2.90. The number of hydrogen-bond acceptors (Lipinski definition) is 3. The van der Waals surface area contributed by atoms with Gasteiger partial charge in [-0.2, -0.15) is 0 Å². The fraction of sp³-hybridized carbons (Fsp3) is 0.562. The molecule has 0 saturated heterocycles. The minimum absolute atomic E-state index is 0.0279. The molecule has 2 unspecified atom stereocenters. The van der Waals surface area contributed by atoms with E-state index in [1.165, 1.54) is 0 Å². The minimum Gasteiger partial charge on any atom is -0.496 e. The maximum atomic E-state index is 12.0. The van der Waals surface area contributed by atoms with Gasteiger partial charge >= 0.3 is 6.03 Å². The number of aliphatic hydroxyl groups is 1. The molecule has 0 aliphatic heterocycles. The number of carbonyl (C=O) groups is 1. The Kier molecular flexibility index (Phi) is 5.07. The van der Waals surface area contributed by atoms with Crippen molar-refractivity contribution in [3.63, 3.8) is 0 Å². The van der Waals surface area contributed by atoms with Crippen molar-refractivity contribution >= 4 is 6.03 Å². The van der Waals surface area contributed by atoms with E-state index in [-0.39, 0.29) is 24.1 Å². The highest BCUT2D eigenvalue weighted by molar-refractivity contribution is 5.74. The Balaban J connectivity index is 1.88. The second-order valence-corrected chi connectivity index (χ2v) is 5.90. The van der Waals surface area contributed by atoms with Crippen LogP contribution in [0.2, 0.25) is 0 Å². The van der Waals surface area contributed by atoms with E-state index in [0.29, 0.717) is 6.54 Å². The van der Waals surface area contributed by atoms with Crippen molar-refractivity contribution in [2.24, 2.45) is 5.41 Å². The van der Waals surface area contributed by atoms with Gasteiger partial charge < -0.3 is 20.5 Å². The number of rotatable bonds is 5. The molecule has 0 radical (unpaired) electrons. The Morgan fingerprint density at radius 2 is 2.24 bits per heavy atom. The Labute approximate surface area is 125 Å². The van der Waals surface area contributed by atoms with Gasteiger partial charge in [-0.3, -0.25) is 0 Å². The van der Waals surface area contributed by atoms with Gasteiger partial charge in [0.2, 0.25) is 0 Å². The zero-order valence-electron chi connectivity index (χ0n) is 12.7. The van der Waals surface area contributed by atoms with Gasteiger partial charge in [0.1, 0.15) is 5.75 Å². The standard InChI is InChI=1S/C16H24N2O3/c1-16(11-19)9-5-8-14(16)18-15(20)17-10-12-6-3-4-7-13(12)21-2/h3-4,6-7,14,19H,5,8-11H2,1-2H3,(H2,17,18,20). The van der Waals surface area contributed by atoms with E-state index in [1.54, 1.807) is 7.11 Å². The van der Waals surface area contributed by atoms with Crippen molar-refractivity contribution in [3.8, 4) is 5.75 Å². The van der Waals surface area contributed by atoms with Gasteiger partial charge in [0.05, 0.1) is 13.7 Å². The first kappa shape index (κ1) is 15.6. The predicted octanol–water partition coefficient (Wildman–Crippen LogP) is 2.05. The van der Waals surface area contributed by atoms with Gasteiger partial charge in [-0.25, -0.2) is 4.79 Å². The molecule has 21 heavy (non-hydrogen) atoms. The second kappa shape index (κ2) is 6.80. The van der Waals surface area contributed by atoms with Gasteiger partial charge in [0.25, 0.3) is 0 Å². The summed E-state index contributed by atoms with van der Waals surface area (Å²) < 4.78 is 5.26. The highest BCUT2D eigenvalue weighted by Crippen LogP contribution is 2.37. The molecule has 0 bridgehead atoms. The highest BCUT2D eigenvalue weighted by atomic mass is 16.5. The molecule has 2 rings (SSSR count). The van der Waals surface area contributed by atoms with E-state index < -0.39 is 0 Å². The normalized spacial score (nSPS) is 24.6. The molecule has 1 fully saturated rings. The fourth-order valence-electron chi connectivity index (χ4n) is 2.90. The van der Waals surface area contributed by atoms with Crippen LogP contribution in [0.15, 0.2) is 24.3 Å². The summed E-state index contributed by atoms with van der Waals surface area (Å²) in [4.78, 5) is 12.0. The maximum Gasteiger partial charge on any atom is 0.315 e. The summed E-state index contributed by atoms with van der Waals surface area (Å²) in [6.45, 7) is 2.54. The molecule has 2 amide bonds. The zero-order valence-corrected chi connectivity index (χ0v) is 12.7. The molecule has 2 atom stereocenters. The Morgan fingerprint density at radius 1 is 1.48 bits per heavy atom.